The maximum Gasteiger partial charge on any atom is 0.312 e. The van der Waals surface area contributed by atoms with Crippen molar-refractivity contribution in [2.75, 3.05) is 38.8 Å². The molecule has 10 atom stereocenters. The van der Waals surface area contributed by atoms with Gasteiger partial charge in [-0.1, -0.05) is 45.9 Å². The molecule has 19 heteroatoms. The monoisotopic (exact) mass is 1020 g/mol. The number of Topliss-reactive ketones (excluding diaryl/α,β-unsaturated/α-hetero) is 3. The maximum absolute atomic E-state index is 16.3. The lowest BCUT2D eigenvalue weighted by atomic mass is 9.78. The summed E-state index contributed by atoms with van der Waals surface area (Å²) in [6, 6.07) is 0.943. The number of aromatic nitrogens is 1. The van der Waals surface area contributed by atoms with Gasteiger partial charge >= 0.3 is 5.79 Å². The Hall–Kier alpha value is -6.67. The number of aliphatic hydroxyl groups excluding tert-OH is 3. The Morgan fingerprint density at radius 1 is 0.892 bits per heavy atom. The molecule has 3 aromatic rings. The Kier molecular flexibility index (Phi) is 14.9. The van der Waals surface area contributed by atoms with E-state index in [0.717, 1.165) is 25.3 Å². The fraction of sp³-hybridized carbons (Fsp3) is 0.491. The van der Waals surface area contributed by atoms with Gasteiger partial charge in [0.1, 0.15) is 22.9 Å². The first-order valence-corrected chi connectivity index (χ1v) is 25.0. The zero-order chi connectivity index (χ0) is 54.0. The molecule has 6 aliphatic rings. The summed E-state index contributed by atoms with van der Waals surface area (Å²) in [4.78, 5) is 73.6. The zero-order valence-corrected chi connectivity index (χ0v) is 43.6. The third-order valence-corrected chi connectivity index (χ3v) is 15.5. The normalized spacial score (nSPS) is 30.9. The quantitative estimate of drug-likeness (QED) is 0.185. The second kappa shape index (κ2) is 20.6. The minimum absolute atomic E-state index is 0.0548. The van der Waals surface area contributed by atoms with Crippen molar-refractivity contribution >= 4 is 46.1 Å². The first kappa shape index (κ1) is 53.6. The van der Waals surface area contributed by atoms with E-state index in [-0.39, 0.29) is 70.4 Å². The summed E-state index contributed by atoms with van der Waals surface area (Å²) in [6.45, 7) is 15.0. The van der Waals surface area contributed by atoms with Gasteiger partial charge in [-0.15, -0.1) is 0 Å². The van der Waals surface area contributed by atoms with Gasteiger partial charge in [-0.25, -0.2) is 4.39 Å². The fourth-order valence-electron chi connectivity index (χ4n) is 10.6. The van der Waals surface area contributed by atoms with Crippen molar-refractivity contribution in [1.29, 1.82) is 0 Å². The van der Waals surface area contributed by atoms with Crippen molar-refractivity contribution in [2.24, 2.45) is 28.8 Å². The second-order valence-electron chi connectivity index (χ2n) is 20.6. The second-order valence-corrected chi connectivity index (χ2v) is 20.6. The summed E-state index contributed by atoms with van der Waals surface area (Å²) in [5, 5.41) is 54.9. The highest BCUT2D eigenvalue weighted by Crippen LogP contribution is 2.49. The third kappa shape index (κ3) is 9.32. The number of hydrogen-bond donors (Lipinski definition) is 5. The van der Waals surface area contributed by atoms with Gasteiger partial charge in [-0.2, -0.15) is 5.10 Å². The van der Waals surface area contributed by atoms with Crippen molar-refractivity contribution in [3.05, 3.63) is 104 Å². The molecule has 74 heavy (non-hydrogen) atoms. The number of carbonyl (C=O) groups is 4. The number of rotatable bonds is 6. The number of ketones is 3. The van der Waals surface area contributed by atoms with Crippen molar-refractivity contribution in [1.82, 2.24) is 14.9 Å². The number of hydrazone groups is 1. The molecule has 2 aromatic carbocycles. The van der Waals surface area contributed by atoms with E-state index in [2.05, 4.69) is 10.4 Å². The molecule has 2 aliphatic carbocycles. The van der Waals surface area contributed by atoms with Crippen molar-refractivity contribution in [3.63, 3.8) is 0 Å². The predicted molar refractivity (Wildman–Crippen MR) is 273 cm³/mol. The number of fused-ring (bicyclic) bond motifs is 15. The number of phenols is 1. The van der Waals surface area contributed by atoms with Crippen LogP contribution in [0.25, 0.3) is 10.9 Å². The lowest BCUT2D eigenvalue weighted by Gasteiger charge is -2.40. The minimum Gasteiger partial charge on any atom is -0.507 e. The molecular weight excluding hydrogens is 958 g/mol. The summed E-state index contributed by atoms with van der Waals surface area (Å²) in [5.41, 5.74) is -1.39. The Bertz CT molecular complexity index is 3050. The molecule has 396 valence electrons. The van der Waals surface area contributed by atoms with Crippen LogP contribution in [0.2, 0.25) is 0 Å². The molecule has 18 nitrogen and oxygen atoms in total. The van der Waals surface area contributed by atoms with E-state index >= 15 is 9.18 Å². The standard InChI is InChI=1S/C55H66FN5O13/c1-25-13-12-14-26(2)54(70)58-41-35(22-57-61-19-18-59(24-28(61)4)43-36(56)21-34-42(52(43)72-11)60(33-15-16-33)23-27(3)45(34)63)49(67)38-39(50(41)68)48(66)32(8)51-40(38)53(69)55(9,74-51)73-20-17-37(71-10)29(5)46(64)31(7)47(65)30(6)44(25)62/h12-14,17,20-23,25,28-31,33,37,44,46-47,62,64-66H,15-16,18-19,24H2,1-11H3,(H,58,70)/b13-12+,20-17+,26-14-,57-22+/t25-,28?,29+,30+,31-,37-,44-,46+,47+,55-/m0/s1. The summed E-state index contributed by atoms with van der Waals surface area (Å²) < 4.78 is 41.9. The SMILES string of the molecule is COc1c(N2CCN(/N=C/C3=C4NC(=O)/C(C)=C\C=C\[C@H](C)[C@H](O)[C@@H](C)[C@@H](O)[C@@H](C)[C@H](O)[C@H](C)[C@@H](OC)/C=C/O[C@@]5(C)Oc6c(C)c(O)c(c(c6C5=O)C3=O)C4=O)C(C)C2)c(F)cc2c(=O)c(C)cn(C3CC3)c12. The molecule has 1 saturated heterocycles. The lowest BCUT2D eigenvalue weighted by Crippen LogP contribution is -2.50. The van der Waals surface area contributed by atoms with Crippen LogP contribution in [-0.4, -0.2) is 130 Å². The first-order valence-electron chi connectivity index (χ1n) is 25.0. The van der Waals surface area contributed by atoms with Gasteiger partial charge in [-0.3, -0.25) is 29.0 Å². The van der Waals surface area contributed by atoms with E-state index in [4.69, 9.17) is 18.9 Å². The largest absolute Gasteiger partial charge is 0.507 e. The van der Waals surface area contributed by atoms with Crippen molar-refractivity contribution in [2.45, 2.75) is 117 Å². The minimum atomic E-state index is -2.15. The van der Waals surface area contributed by atoms with Crippen LogP contribution in [0.1, 0.15) is 110 Å². The van der Waals surface area contributed by atoms with E-state index in [0.29, 0.717) is 11.1 Å². The van der Waals surface area contributed by atoms with Crippen LogP contribution in [0, 0.1) is 43.3 Å². The Morgan fingerprint density at radius 3 is 2.22 bits per heavy atom. The van der Waals surface area contributed by atoms with Gasteiger partial charge in [0.05, 0.1) is 89.8 Å². The lowest BCUT2D eigenvalue weighted by molar-refractivity contribution is -0.116. The van der Waals surface area contributed by atoms with E-state index in [1.807, 2.05) is 11.5 Å². The van der Waals surface area contributed by atoms with Gasteiger partial charge in [0, 0.05) is 79.7 Å². The number of methoxy groups -OCH3 is 2. The Balaban J connectivity index is 1.18. The summed E-state index contributed by atoms with van der Waals surface area (Å²) in [5.74, 6) is -9.70. The van der Waals surface area contributed by atoms with Crippen LogP contribution >= 0.6 is 0 Å². The molecule has 1 amide bonds. The van der Waals surface area contributed by atoms with Crippen LogP contribution in [0.5, 0.6) is 17.2 Å². The number of halogens is 1. The molecular formula is C55H66FN5O13. The number of nitrogens with one attached hydrogen (secondary N) is 1. The fourth-order valence-corrected chi connectivity index (χ4v) is 10.6. The van der Waals surface area contributed by atoms with Crippen LogP contribution in [0.4, 0.5) is 10.1 Å². The molecule has 2 fully saturated rings. The van der Waals surface area contributed by atoms with E-state index in [1.165, 1.54) is 59.3 Å². The maximum atomic E-state index is 16.3. The molecule has 0 radical (unpaired) electrons. The highest BCUT2D eigenvalue weighted by Gasteiger charge is 2.53. The first-order chi connectivity index (χ1) is 35.0. The van der Waals surface area contributed by atoms with E-state index < -0.39 is 117 Å². The number of hydrogen-bond acceptors (Lipinski definition) is 16. The average molecular weight is 1020 g/mol. The number of ether oxygens (including phenoxy) is 4. The average Bonchev–Trinajstić information content (AvgIpc) is 4.19. The number of carbonyl (C=O) groups excluding carboxylic acids is 4. The number of allylic oxidation sites excluding steroid dienone is 4. The summed E-state index contributed by atoms with van der Waals surface area (Å²) >= 11 is 0. The number of aromatic hydroxyl groups is 1. The molecule has 4 aliphatic heterocycles. The predicted octanol–water partition coefficient (Wildman–Crippen LogP) is 5.73. The number of nitrogens with zero attached hydrogens (tertiary/aromatic N) is 4. The number of pyridine rings is 1. The van der Waals surface area contributed by atoms with Crippen LogP contribution in [-0.2, 0) is 14.3 Å². The molecule has 1 unspecified atom stereocenters. The Labute approximate surface area is 428 Å². The molecule has 5 bridgehead atoms. The number of aliphatic hydroxyl groups is 3. The van der Waals surface area contributed by atoms with Gasteiger partial charge in [0.25, 0.3) is 11.7 Å². The third-order valence-electron chi connectivity index (χ3n) is 15.5. The highest BCUT2D eigenvalue weighted by atomic mass is 19.1. The molecule has 1 aromatic heterocycles. The van der Waals surface area contributed by atoms with E-state index in [9.17, 15) is 39.6 Å². The molecule has 9 rings (SSSR count). The number of aryl methyl sites for hydroxylation is 1. The van der Waals surface area contributed by atoms with Gasteiger partial charge in [0.2, 0.25) is 5.78 Å². The van der Waals surface area contributed by atoms with Gasteiger partial charge in [0.15, 0.2) is 22.8 Å². The summed E-state index contributed by atoms with van der Waals surface area (Å²) in [7, 11) is 2.85. The topological polar surface area (TPSA) is 239 Å². The van der Waals surface area contributed by atoms with Crippen LogP contribution in [0.3, 0.4) is 0 Å². The molecule has 0 spiro atoms. The number of benzene rings is 2. The van der Waals surface area contributed by atoms with Crippen molar-refractivity contribution < 1.29 is 62.9 Å². The number of piperazine rings is 1. The highest BCUT2D eigenvalue weighted by molar-refractivity contribution is 6.37. The van der Waals surface area contributed by atoms with Crippen molar-refractivity contribution in [3.8, 4) is 17.2 Å². The number of anilines is 1. The Morgan fingerprint density at radius 2 is 1.57 bits per heavy atom. The van der Waals surface area contributed by atoms with Crippen LogP contribution < -0.4 is 25.1 Å². The molecule has 1 saturated carbocycles. The molecule has 5 N–H and O–H groups in total. The van der Waals surface area contributed by atoms with E-state index in [1.54, 1.807) is 56.8 Å². The molecule has 5 heterocycles. The van der Waals surface area contributed by atoms with Crippen LogP contribution in [0.15, 0.2) is 69.6 Å². The zero-order valence-electron chi connectivity index (χ0n) is 43.6. The van der Waals surface area contributed by atoms with Gasteiger partial charge in [-0.05, 0) is 52.7 Å². The summed E-state index contributed by atoms with van der Waals surface area (Å²) in [6.07, 6.45) is 7.71. The smallest absolute Gasteiger partial charge is 0.312 e. The number of amides is 1. The van der Waals surface area contributed by atoms with Gasteiger partial charge < -0.3 is 54.2 Å². The number of phenolic OH excluding ortho intramolecular Hbond substituents is 1.